The van der Waals surface area contributed by atoms with Crippen LogP contribution < -0.4 is 0 Å². The van der Waals surface area contributed by atoms with Crippen LogP contribution in [0.25, 0.3) is 0 Å². The Labute approximate surface area is 123 Å². The zero-order valence-electron chi connectivity index (χ0n) is 12.7. The van der Waals surface area contributed by atoms with Gasteiger partial charge >= 0.3 is 0 Å². The highest BCUT2D eigenvalue weighted by Crippen LogP contribution is 2.36. The number of benzene rings is 1. The van der Waals surface area contributed by atoms with Crippen molar-refractivity contribution in [2.75, 3.05) is 20.1 Å². The highest BCUT2D eigenvalue weighted by molar-refractivity contribution is 5.19. The van der Waals surface area contributed by atoms with Crippen LogP contribution in [0.3, 0.4) is 0 Å². The van der Waals surface area contributed by atoms with Crippen molar-refractivity contribution in [1.29, 1.82) is 0 Å². The van der Waals surface area contributed by atoms with Crippen molar-refractivity contribution in [3.05, 3.63) is 35.9 Å². The molecule has 1 aromatic carbocycles. The van der Waals surface area contributed by atoms with Crippen LogP contribution in [0.2, 0.25) is 0 Å². The molecule has 0 bridgehead atoms. The largest absolute Gasteiger partial charge is 0.387 e. The first-order valence-corrected chi connectivity index (χ1v) is 8.26. The minimum Gasteiger partial charge on any atom is -0.387 e. The molecule has 0 unspecified atom stereocenters. The molecular formula is C18H28NO+. The molecule has 0 spiro atoms. The van der Waals surface area contributed by atoms with Crippen LogP contribution in [0.5, 0.6) is 0 Å². The van der Waals surface area contributed by atoms with Crippen molar-refractivity contribution >= 4 is 0 Å². The lowest BCUT2D eigenvalue weighted by Gasteiger charge is -2.49. The molecule has 110 valence electrons. The molecule has 2 heteroatoms. The maximum absolute atomic E-state index is 10.4. The first-order valence-electron chi connectivity index (χ1n) is 8.26. The predicted octanol–water partition coefficient (Wildman–Crippen LogP) is 3.31. The van der Waals surface area contributed by atoms with Gasteiger partial charge < -0.3 is 9.59 Å². The summed E-state index contributed by atoms with van der Waals surface area (Å²) in [4.78, 5) is 0. The monoisotopic (exact) mass is 274 g/mol. The number of likely N-dealkylation sites (tertiary alicyclic amines) is 1. The van der Waals surface area contributed by atoms with E-state index in [1.165, 1.54) is 50.8 Å². The molecule has 2 fully saturated rings. The van der Waals surface area contributed by atoms with Gasteiger partial charge in [0.05, 0.1) is 20.1 Å². The summed E-state index contributed by atoms with van der Waals surface area (Å²) >= 11 is 0. The second-order valence-corrected chi connectivity index (χ2v) is 7.03. The molecule has 1 saturated heterocycles. The third kappa shape index (κ3) is 2.77. The van der Waals surface area contributed by atoms with Gasteiger partial charge in [0.1, 0.15) is 12.1 Å². The van der Waals surface area contributed by atoms with Gasteiger partial charge in [0.15, 0.2) is 0 Å². The number of piperidine rings is 1. The lowest BCUT2D eigenvalue weighted by molar-refractivity contribution is -0.942. The van der Waals surface area contributed by atoms with Gasteiger partial charge in [-0.1, -0.05) is 36.8 Å². The van der Waals surface area contributed by atoms with E-state index in [4.69, 9.17) is 0 Å². The van der Waals surface area contributed by atoms with Gasteiger partial charge in [0.2, 0.25) is 0 Å². The van der Waals surface area contributed by atoms with Gasteiger partial charge in [-0.05, 0) is 24.3 Å². The van der Waals surface area contributed by atoms with Crippen molar-refractivity contribution in [3.8, 4) is 0 Å². The van der Waals surface area contributed by atoms with Crippen LogP contribution in [0.4, 0.5) is 0 Å². The van der Waals surface area contributed by atoms with Crippen molar-refractivity contribution in [3.63, 3.8) is 0 Å². The number of nitrogens with zero attached hydrogens (tertiary/aromatic N) is 1. The summed E-state index contributed by atoms with van der Waals surface area (Å²) in [7, 11) is 2.38. The summed E-state index contributed by atoms with van der Waals surface area (Å²) in [6, 6.07) is 11.4. The molecule has 1 aliphatic heterocycles. The van der Waals surface area contributed by atoms with Crippen LogP contribution in [-0.4, -0.2) is 41.9 Å². The summed E-state index contributed by atoms with van der Waals surface area (Å²) in [5.74, 6) is 0.725. The van der Waals surface area contributed by atoms with E-state index in [1.807, 2.05) is 0 Å². The Morgan fingerprint density at radius 3 is 2.25 bits per heavy atom. The number of hydrogen-bond acceptors (Lipinski definition) is 1. The molecule has 0 aromatic heterocycles. The summed E-state index contributed by atoms with van der Waals surface area (Å²) in [5.41, 5.74) is 1.50. The molecule has 0 radical (unpaired) electrons. The third-order valence-electron chi connectivity index (χ3n) is 5.74. The highest BCUT2D eigenvalue weighted by atomic mass is 16.3. The van der Waals surface area contributed by atoms with E-state index in [9.17, 15) is 5.11 Å². The van der Waals surface area contributed by atoms with Crippen LogP contribution in [-0.2, 0) is 0 Å². The van der Waals surface area contributed by atoms with E-state index in [1.54, 1.807) is 0 Å². The van der Waals surface area contributed by atoms with Crippen LogP contribution in [0, 0.1) is 0 Å². The van der Waals surface area contributed by atoms with Crippen LogP contribution >= 0.6 is 0 Å². The van der Waals surface area contributed by atoms with Crippen molar-refractivity contribution in [1.82, 2.24) is 0 Å². The van der Waals surface area contributed by atoms with Crippen molar-refractivity contribution in [2.45, 2.75) is 56.6 Å². The first-order chi connectivity index (χ1) is 9.69. The Morgan fingerprint density at radius 2 is 1.60 bits per heavy atom. The average Bonchev–Trinajstić information content (AvgIpc) is 2.49. The van der Waals surface area contributed by atoms with E-state index >= 15 is 0 Å². The third-order valence-corrected chi connectivity index (χ3v) is 5.74. The number of likely N-dealkylation sites (N-methyl/N-ethyl adjacent to an activating group) is 1. The molecule has 0 amide bonds. The lowest BCUT2D eigenvalue weighted by Crippen LogP contribution is -2.60. The molecule has 1 N–H and O–H groups in total. The van der Waals surface area contributed by atoms with Crippen molar-refractivity contribution in [2.24, 2.45) is 0 Å². The maximum Gasteiger partial charge on any atom is 0.115 e. The molecule has 1 aromatic rings. The van der Waals surface area contributed by atoms with Crippen molar-refractivity contribution < 1.29 is 9.59 Å². The van der Waals surface area contributed by atoms with Crippen LogP contribution in [0.1, 0.15) is 50.0 Å². The summed E-state index contributed by atoms with van der Waals surface area (Å²) < 4.78 is 1.10. The zero-order chi connectivity index (χ0) is 14.0. The van der Waals surface area contributed by atoms with Gasteiger partial charge in [0.25, 0.3) is 0 Å². The maximum atomic E-state index is 10.4. The summed E-state index contributed by atoms with van der Waals surface area (Å²) in [5, 5.41) is 10.4. The van der Waals surface area contributed by atoms with E-state index in [-0.39, 0.29) is 6.10 Å². The fourth-order valence-corrected chi connectivity index (χ4v) is 4.37. The molecule has 20 heavy (non-hydrogen) atoms. The average molecular weight is 274 g/mol. The SMILES string of the molecule is C[N+]1([C@H]2CCCC[C@@H]2O)CCC(c2ccccc2)CC1. The second-order valence-electron chi connectivity index (χ2n) is 7.03. The standard InChI is InChI=1S/C18H28NO/c1-19(17-9-5-6-10-18(17)20)13-11-16(12-14-19)15-7-3-2-4-8-15/h2-4,7-8,16-18,20H,5-6,9-14H2,1H3/q+1/t16?,17-,18-,19?/m0/s1. The lowest BCUT2D eigenvalue weighted by atomic mass is 9.84. The molecular weight excluding hydrogens is 246 g/mol. The normalized spacial score (nSPS) is 38.6. The molecule has 1 saturated carbocycles. The molecule has 1 aliphatic carbocycles. The molecule has 2 aliphatic rings. The Morgan fingerprint density at radius 1 is 0.950 bits per heavy atom. The minimum atomic E-state index is -0.0676. The zero-order valence-corrected chi connectivity index (χ0v) is 12.7. The van der Waals surface area contributed by atoms with E-state index in [0.717, 1.165) is 16.8 Å². The molecule has 1 heterocycles. The highest BCUT2D eigenvalue weighted by Gasteiger charge is 2.41. The number of aliphatic hydroxyl groups excluding tert-OH is 1. The number of hydrogen-bond donors (Lipinski definition) is 1. The molecule has 2 nitrogen and oxygen atoms in total. The van der Waals surface area contributed by atoms with E-state index in [2.05, 4.69) is 37.4 Å². The Bertz CT molecular complexity index is 422. The van der Waals surface area contributed by atoms with Gasteiger partial charge in [0, 0.05) is 19.3 Å². The number of rotatable bonds is 2. The van der Waals surface area contributed by atoms with Gasteiger partial charge in [-0.3, -0.25) is 0 Å². The predicted molar refractivity (Wildman–Crippen MR) is 82.6 cm³/mol. The van der Waals surface area contributed by atoms with E-state index < -0.39 is 0 Å². The summed E-state index contributed by atoms with van der Waals surface area (Å²) in [6.45, 7) is 2.45. The van der Waals surface area contributed by atoms with Crippen LogP contribution in [0.15, 0.2) is 30.3 Å². The number of aliphatic hydroxyl groups is 1. The quantitative estimate of drug-likeness (QED) is 0.820. The minimum absolute atomic E-state index is 0.0676. The fraction of sp³-hybridized carbons (Fsp3) is 0.667. The van der Waals surface area contributed by atoms with Gasteiger partial charge in [-0.15, -0.1) is 0 Å². The number of quaternary nitrogens is 1. The second kappa shape index (κ2) is 5.87. The fourth-order valence-electron chi connectivity index (χ4n) is 4.37. The van der Waals surface area contributed by atoms with Gasteiger partial charge in [-0.2, -0.15) is 0 Å². The Kier molecular flexibility index (Phi) is 4.13. The Hall–Kier alpha value is -0.860. The van der Waals surface area contributed by atoms with E-state index in [0.29, 0.717) is 6.04 Å². The smallest absolute Gasteiger partial charge is 0.115 e. The topological polar surface area (TPSA) is 20.2 Å². The molecule has 2 atom stereocenters. The van der Waals surface area contributed by atoms with Gasteiger partial charge in [-0.25, -0.2) is 0 Å². The summed E-state index contributed by atoms with van der Waals surface area (Å²) in [6.07, 6.45) is 7.21. The first kappa shape index (κ1) is 14.1. The Balaban J connectivity index is 1.65. The molecule has 3 rings (SSSR count).